The molecule has 1 spiro atoms. The first-order chi connectivity index (χ1) is 16.1. The van der Waals surface area contributed by atoms with Gasteiger partial charge < -0.3 is 5.32 Å². The Hall–Kier alpha value is -2.13. The number of carbonyl (C=O) groups excluding carboxylic acids is 1. The van der Waals surface area contributed by atoms with E-state index in [1.54, 1.807) is 0 Å². The van der Waals surface area contributed by atoms with Gasteiger partial charge in [0.2, 0.25) is 10.0 Å². The molecule has 6 unspecified atom stereocenters. The highest BCUT2D eigenvalue weighted by Gasteiger charge is 2.71. The van der Waals surface area contributed by atoms with Crippen LogP contribution >= 0.6 is 0 Å². The van der Waals surface area contributed by atoms with Gasteiger partial charge in [-0.2, -0.15) is 0 Å². The Bertz CT molecular complexity index is 1240. The maximum absolute atomic E-state index is 14.5. The minimum absolute atomic E-state index is 0.0998. The lowest BCUT2D eigenvalue weighted by atomic mass is 9.56. The number of hydrogen-bond acceptors (Lipinski definition) is 3. The number of amides is 1. The van der Waals surface area contributed by atoms with Gasteiger partial charge in [-0.05, 0) is 92.0 Å². The fraction of sp³-hybridized carbons (Fsp3) is 0.560. The van der Waals surface area contributed by atoms with Gasteiger partial charge in [-0.1, -0.05) is 0 Å². The summed E-state index contributed by atoms with van der Waals surface area (Å²) in [5, 5.41) is 2.40. The summed E-state index contributed by atoms with van der Waals surface area (Å²) < 4.78 is 71.5. The van der Waals surface area contributed by atoms with Crippen molar-refractivity contribution < 1.29 is 26.4 Å². The number of rotatable bonds is 5. The summed E-state index contributed by atoms with van der Waals surface area (Å²) in [6.07, 6.45) is 6.29. The largest absolute Gasteiger partial charge is 0.326 e. The van der Waals surface area contributed by atoms with Crippen molar-refractivity contribution >= 4 is 15.9 Å². The van der Waals surface area contributed by atoms with Crippen LogP contribution in [0, 0.1) is 29.0 Å². The molecule has 0 aliphatic heterocycles. The lowest BCUT2D eigenvalue weighted by molar-refractivity contribution is -0.000276. The number of sulfonamides is 1. The van der Waals surface area contributed by atoms with Crippen LogP contribution in [0.15, 0.2) is 46.8 Å². The van der Waals surface area contributed by atoms with Crippen LogP contribution in [0.3, 0.4) is 0 Å². The van der Waals surface area contributed by atoms with E-state index >= 15 is 0 Å². The van der Waals surface area contributed by atoms with Gasteiger partial charge in [-0.3, -0.25) is 4.79 Å². The molecule has 4 fully saturated rings. The van der Waals surface area contributed by atoms with Crippen molar-refractivity contribution in [2.75, 3.05) is 0 Å². The monoisotopic (exact) mass is 492 g/mol. The van der Waals surface area contributed by atoms with Gasteiger partial charge in [0.25, 0.3) is 5.91 Å². The molecule has 4 saturated carbocycles. The van der Waals surface area contributed by atoms with E-state index in [-0.39, 0.29) is 17.0 Å². The van der Waals surface area contributed by atoms with E-state index in [0.717, 1.165) is 49.5 Å². The van der Waals surface area contributed by atoms with Gasteiger partial charge in [0.1, 0.15) is 17.8 Å². The van der Waals surface area contributed by atoms with E-state index in [9.17, 15) is 26.4 Å². The van der Waals surface area contributed by atoms with Crippen molar-refractivity contribution in [3.8, 4) is 0 Å². The molecule has 1 aromatic carbocycles. The van der Waals surface area contributed by atoms with E-state index in [4.69, 9.17) is 0 Å². The lowest BCUT2D eigenvalue weighted by Crippen LogP contribution is -2.49. The van der Waals surface area contributed by atoms with Gasteiger partial charge in [0, 0.05) is 24.1 Å². The summed E-state index contributed by atoms with van der Waals surface area (Å²) in [6, 6.07) is 3.14. The number of benzene rings is 1. The Labute approximate surface area is 196 Å². The van der Waals surface area contributed by atoms with Gasteiger partial charge in [0.15, 0.2) is 0 Å². The van der Waals surface area contributed by atoms with Gasteiger partial charge >= 0.3 is 0 Å². The van der Waals surface area contributed by atoms with Crippen LogP contribution in [0.4, 0.5) is 13.2 Å². The first kappa shape index (κ1) is 22.3. The Morgan fingerprint density at radius 1 is 1.03 bits per heavy atom. The molecule has 2 N–H and O–H groups in total. The Morgan fingerprint density at radius 3 is 2.68 bits per heavy atom. The van der Waals surface area contributed by atoms with Crippen LogP contribution in [0.5, 0.6) is 0 Å². The average Bonchev–Trinajstić information content (AvgIpc) is 2.95. The maximum Gasteiger partial charge on any atom is 0.258 e. The lowest BCUT2D eigenvalue weighted by Gasteiger charge is -2.49. The number of halogens is 3. The van der Waals surface area contributed by atoms with Crippen LogP contribution in [0.1, 0.15) is 61.7 Å². The van der Waals surface area contributed by atoms with E-state index in [2.05, 4.69) is 10.0 Å². The molecule has 34 heavy (non-hydrogen) atoms. The highest BCUT2D eigenvalue weighted by atomic mass is 32.2. The third kappa shape index (κ3) is 3.46. The average molecular weight is 493 g/mol. The van der Waals surface area contributed by atoms with E-state index in [1.165, 1.54) is 25.3 Å². The number of nitrogens with one attached hydrogen (secondary N) is 2. The fourth-order valence-electron chi connectivity index (χ4n) is 7.82. The summed E-state index contributed by atoms with van der Waals surface area (Å²) >= 11 is 0. The summed E-state index contributed by atoms with van der Waals surface area (Å²) in [4.78, 5) is 12.6. The summed E-state index contributed by atoms with van der Waals surface area (Å²) in [6.45, 7) is 0. The quantitative estimate of drug-likeness (QED) is 0.627. The van der Waals surface area contributed by atoms with E-state index in [1.807, 2.05) is 0 Å². The first-order valence-electron chi connectivity index (χ1n) is 11.9. The third-order valence-electron chi connectivity index (χ3n) is 8.91. The number of carbonyl (C=O) groups is 1. The molecule has 6 atom stereocenters. The predicted octanol–water partition coefficient (Wildman–Crippen LogP) is 4.67. The van der Waals surface area contributed by atoms with Crippen molar-refractivity contribution in [2.45, 2.75) is 68.0 Å². The molecule has 0 aromatic heterocycles. The number of allylic oxidation sites excluding steroid dienone is 4. The third-order valence-corrected chi connectivity index (χ3v) is 10.5. The zero-order chi connectivity index (χ0) is 23.9. The number of fused-ring (bicyclic) bond motifs is 2. The molecule has 0 radical (unpaired) electrons. The van der Waals surface area contributed by atoms with Gasteiger partial charge in [0.05, 0.1) is 10.5 Å². The maximum atomic E-state index is 14.5. The standard InChI is InChI=1S/C25H27F3N2O3S/c26-17-1-2-19(8-18(27)7-17)29-23(31)21-9-20(3-4-22(21)28)34(32,33)30-24-10-14-5-15-6-16(12-24)25(15,11-14)13-24/h1-4,9,14-16,18,30H,5-8,10-13H2,(H,29,31). The van der Waals surface area contributed by atoms with Crippen LogP contribution in [0.25, 0.3) is 0 Å². The van der Waals surface area contributed by atoms with Crippen molar-refractivity contribution in [1.29, 1.82) is 0 Å². The Kier molecular flexibility index (Phi) is 4.88. The fourth-order valence-corrected chi connectivity index (χ4v) is 9.27. The molecule has 1 amide bonds. The van der Waals surface area contributed by atoms with Crippen LogP contribution in [-0.2, 0) is 10.0 Å². The van der Waals surface area contributed by atoms with Crippen molar-refractivity contribution in [1.82, 2.24) is 10.0 Å². The second kappa shape index (κ2) is 7.43. The Balaban J connectivity index is 1.23. The molecule has 9 heteroatoms. The molecule has 182 valence electrons. The molecule has 0 saturated heterocycles. The van der Waals surface area contributed by atoms with Crippen LogP contribution in [0.2, 0.25) is 0 Å². The SMILES string of the molecule is O=C(NC1=CC=C(F)CC(F)C1)c1cc(S(=O)(=O)NC23CC4CC5CC(C2)C5(C4)C3)ccc1F. The molecule has 0 heterocycles. The zero-order valence-corrected chi connectivity index (χ0v) is 19.4. The molecular weight excluding hydrogens is 465 g/mol. The summed E-state index contributed by atoms with van der Waals surface area (Å²) in [5.74, 6) is -0.591. The smallest absolute Gasteiger partial charge is 0.258 e. The van der Waals surface area contributed by atoms with Crippen LogP contribution < -0.4 is 10.0 Å². The predicted molar refractivity (Wildman–Crippen MR) is 119 cm³/mol. The van der Waals surface area contributed by atoms with Crippen molar-refractivity contribution in [3.63, 3.8) is 0 Å². The minimum Gasteiger partial charge on any atom is -0.326 e. The molecule has 5 aliphatic carbocycles. The second-order valence-electron chi connectivity index (χ2n) is 11.0. The second-order valence-corrected chi connectivity index (χ2v) is 12.7. The molecule has 6 rings (SSSR count). The van der Waals surface area contributed by atoms with E-state index in [0.29, 0.717) is 17.3 Å². The number of hydrogen-bond donors (Lipinski definition) is 2. The molecule has 5 nitrogen and oxygen atoms in total. The minimum atomic E-state index is -3.99. The highest BCUT2D eigenvalue weighted by molar-refractivity contribution is 7.89. The molecular formula is C25H27F3N2O3S. The Morgan fingerprint density at radius 2 is 1.85 bits per heavy atom. The molecule has 1 aromatic rings. The van der Waals surface area contributed by atoms with Gasteiger partial charge in [-0.25, -0.2) is 26.3 Å². The number of alkyl halides is 1. The summed E-state index contributed by atoms with van der Waals surface area (Å²) in [5.41, 5.74) is -0.526. The molecule has 5 aliphatic rings. The summed E-state index contributed by atoms with van der Waals surface area (Å²) in [7, 11) is -3.99. The van der Waals surface area contributed by atoms with Crippen molar-refractivity contribution in [3.05, 3.63) is 53.3 Å². The molecule has 3 bridgehead atoms. The zero-order valence-electron chi connectivity index (χ0n) is 18.6. The van der Waals surface area contributed by atoms with E-state index < -0.39 is 51.3 Å². The normalized spacial score (nSPS) is 38.0. The van der Waals surface area contributed by atoms with Gasteiger partial charge in [-0.15, -0.1) is 0 Å². The highest BCUT2D eigenvalue weighted by Crippen LogP contribution is 2.76. The first-order valence-corrected chi connectivity index (χ1v) is 13.4. The topological polar surface area (TPSA) is 75.3 Å². The van der Waals surface area contributed by atoms with Crippen molar-refractivity contribution in [2.24, 2.45) is 23.2 Å². The van der Waals surface area contributed by atoms with Crippen LogP contribution in [-0.4, -0.2) is 26.0 Å².